The van der Waals surface area contributed by atoms with Gasteiger partial charge in [-0.3, -0.25) is 4.98 Å². The molecule has 3 aromatic heterocycles. The van der Waals surface area contributed by atoms with Crippen molar-refractivity contribution in [2.75, 3.05) is 0 Å². The van der Waals surface area contributed by atoms with Gasteiger partial charge in [-0.25, -0.2) is 14.8 Å². The molecule has 0 aliphatic rings. The summed E-state index contributed by atoms with van der Waals surface area (Å²) in [6.45, 7) is 5.45. The molecule has 4 aromatic rings. The summed E-state index contributed by atoms with van der Waals surface area (Å²) >= 11 is 0. The maximum absolute atomic E-state index is 12.5. The molecule has 0 fully saturated rings. The van der Waals surface area contributed by atoms with Gasteiger partial charge in [-0.2, -0.15) is 4.98 Å². The maximum atomic E-state index is 12.5. The number of carbonyl (C=O) groups is 1. The SMILES string of the molecule is Cc1nc2ccc(C(=O)O[C@@H](C)c3nc(-c4cccnc4)no3)cc2nc1C. The second-order valence-electron chi connectivity index (χ2n) is 6.34. The van der Waals surface area contributed by atoms with Crippen molar-refractivity contribution in [2.45, 2.75) is 26.9 Å². The fraction of sp³-hybridized carbons (Fsp3) is 0.200. The normalized spacial score (nSPS) is 12.1. The van der Waals surface area contributed by atoms with E-state index in [1.807, 2.05) is 19.9 Å². The lowest BCUT2D eigenvalue weighted by atomic mass is 10.2. The van der Waals surface area contributed by atoms with Crippen molar-refractivity contribution >= 4 is 17.0 Å². The molecule has 4 rings (SSSR count). The Labute approximate surface area is 160 Å². The van der Waals surface area contributed by atoms with Gasteiger partial charge in [0.25, 0.3) is 5.89 Å². The summed E-state index contributed by atoms with van der Waals surface area (Å²) in [6, 6.07) is 8.68. The number of ether oxygens (including phenoxy) is 1. The van der Waals surface area contributed by atoms with Gasteiger partial charge in [0.2, 0.25) is 5.82 Å². The number of benzene rings is 1. The number of pyridine rings is 1. The van der Waals surface area contributed by atoms with Crippen LogP contribution < -0.4 is 0 Å². The van der Waals surface area contributed by atoms with E-state index in [-0.39, 0.29) is 5.89 Å². The molecular formula is C20H17N5O3. The van der Waals surface area contributed by atoms with Gasteiger partial charge in [-0.1, -0.05) is 5.16 Å². The van der Waals surface area contributed by atoms with E-state index in [4.69, 9.17) is 9.26 Å². The van der Waals surface area contributed by atoms with Crippen LogP contribution in [0.5, 0.6) is 0 Å². The molecule has 140 valence electrons. The summed E-state index contributed by atoms with van der Waals surface area (Å²) in [5.41, 5.74) is 4.14. The molecule has 0 saturated carbocycles. The summed E-state index contributed by atoms with van der Waals surface area (Å²) in [5, 5.41) is 3.91. The monoisotopic (exact) mass is 375 g/mol. The number of fused-ring (bicyclic) bond motifs is 1. The number of esters is 1. The molecule has 8 heteroatoms. The van der Waals surface area contributed by atoms with Gasteiger partial charge in [-0.15, -0.1) is 0 Å². The van der Waals surface area contributed by atoms with Crippen molar-refractivity contribution in [3.05, 3.63) is 65.6 Å². The first kappa shape index (κ1) is 17.7. The Morgan fingerprint density at radius 3 is 2.61 bits per heavy atom. The standard InChI is InChI=1S/C20H17N5O3/c1-11-12(2)23-17-9-14(6-7-16(17)22-11)20(26)27-13(3)19-24-18(25-28-19)15-5-4-8-21-10-15/h4-10,13H,1-3H3/t13-/m0/s1. The van der Waals surface area contributed by atoms with E-state index in [0.29, 0.717) is 16.9 Å². The Hall–Kier alpha value is -3.68. The first-order valence-electron chi connectivity index (χ1n) is 8.71. The van der Waals surface area contributed by atoms with E-state index in [2.05, 4.69) is 25.1 Å². The van der Waals surface area contributed by atoms with Crippen molar-refractivity contribution in [3.8, 4) is 11.4 Å². The molecular weight excluding hydrogens is 358 g/mol. The third-order valence-corrected chi connectivity index (χ3v) is 4.30. The molecule has 28 heavy (non-hydrogen) atoms. The lowest BCUT2D eigenvalue weighted by Gasteiger charge is -2.10. The van der Waals surface area contributed by atoms with Crippen LogP contribution in [0, 0.1) is 13.8 Å². The zero-order valence-corrected chi connectivity index (χ0v) is 15.6. The zero-order valence-electron chi connectivity index (χ0n) is 15.6. The quantitative estimate of drug-likeness (QED) is 0.498. The van der Waals surface area contributed by atoms with Crippen molar-refractivity contribution in [1.82, 2.24) is 25.1 Å². The summed E-state index contributed by atoms with van der Waals surface area (Å²) in [6.07, 6.45) is 2.59. The highest BCUT2D eigenvalue weighted by molar-refractivity contribution is 5.93. The van der Waals surface area contributed by atoms with Gasteiger partial charge >= 0.3 is 5.97 Å². The van der Waals surface area contributed by atoms with Crippen LogP contribution in [0.2, 0.25) is 0 Å². The predicted octanol–water partition coefficient (Wildman–Crippen LogP) is 3.61. The molecule has 0 N–H and O–H groups in total. The minimum absolute atomic E-state index is 0.208. The summed E-state index contributed by atoms with van der Waals surface area (Å²) < 4.78 is 10.7. The number of aryl methyl sites for hydroxylation is 2. The van der Waals surface area contributed by atoms with E-state index >= 15 is 0 Å². The molecule has 0 spiro atoms. The molecule has 1 atom stereocenters. The molecule has 3 heterocycles. The molecule has 0 radical (unpaired) electrons. The fourth-order valence-corrected chi connectivity index (χ4v) is 2.65. The lowest BCUT2D eigenvalue weighted by Crippen LogP contribution is -2.10. The van der Waals surface area contributed by atoms with Gasteiger partial charge < -0.3 is 9.26 Å². The molecule has 0 saturated heterocycles. The van der Waals surface area contributed by atoms with Gasteiger partial charge in [0, 0.05) is 18.0 Å². The van der Waals surface area contributed by atoms with Gasteiger partial charge in [-0.05, 0) is 51.1 Å². The Morgan fingerprint density at radius 2 is 1.86 bits per heavy atom. The Balaban J connectivity index is 1.52. The second-order valence-corrected chi connectivity index (χ2v) is 6.34. The predicted molar refractivity (Wildman–Crippen MR) is 100 cm³/mol. The van der Waals surface area contributed by atoms with E-state index in [9.17, 15) is 4.79 Å². The third-order valence-electron chi connectivity index (χ3n) is 4.30. The number of aromatic nitrogens is 5. The molecule has 0 aliphatic heterocycles. The molecule has 1 aromatic carbocycles. The number of hydrogen-bond donors (Lipinski definition) is 0. The van der Waals surface area contributed by atoms with Crippen LogP contribution in [0.15, 0.2) is 47.2 Å². The van der Waals surface area contributed by atoms with E-state index in [0.717, 1.165) is 22.5 Å². The second kappa shape index (κ2) is 7.15. The first-order chi connectivity index (χ1) is 13.5. The van der Waals surface area contributed by atoms with E-state index < -0.39 is 12.1 Å². The highest BCUT2D eigenvalue weighted by Gasteiger charge is 2.20. The van der Waals surface area contributed by atoms with Crippen molar-refractivity contribution in [3.63, 3.8) is 0 Å². The molecule has 0 amide bonds. The van der Waals surface area contributed by atoms with Crippen LogP contribution >= 0.6 is 0 Å². The topological polar surface area (TPSA) is 104 Å². The van der Waals surface area contributed by atoms with Crippen LogP contribution in [0.4, 0.5) is 0 Å². The number of nitrogens with zero attached hydrogens (tertiary/aromatic N) is 5. The van der Waals surface area contributed by atoms with Crippen LogP contribution in [0.3, 0.4) is 0 Å². The van der Waals surface area contributed by atoms with Gasteiger partial charge in [0.15, 0.2) is 6.10 Å². The minimum Gasteiger partial charge on any atom is -0.449 e. The zero-order chi connectivity index (χ0) is 19.7. The Bertz CT molecular complexity index is 1160. The van der Waals surface area contributed by atoms with Crippen molar-refractivity contribution in [1.29, 1.82) is 0 Å². The van der Waals surface area contributed by atoms with Gasteiger partial charge in [0.05, 0.1) is 28.0 Å². The van der Waals surface area contributed by atoms with Crippen LogP contribution in [-0.4, -0.2) is 31.1 Å². The first-order valence-corrected chi connectivity index (χ1v) is 8.71. The third kappa shape index (κ3) is 3.44. The minimum atomic E-state index is -0.702. The number of hydrogen-bond acceptors (Lipinski definition) is 8. The van der Waals surface area contributed by atoms with Crippen LogP contribution in [0.1, 0.15) is 40.7 Å². The van der Waals surface area contributed by atoms with Crippen LogP contribution in [0.25, 0.3) is 22.4 Å². The van der Waals surface area contributed by atoms with Gasteiger partial charge in [0.1, 0.15) is 0 Å². The lowest BCUT2D eigenvalue weighted by molar-refractivity contribution is 0.0265. The molecule has 8 nitrogen and oxygen atoms in total. The average Bonchev–Trinajstić information content (AvgIpc) is 3.19. The Morgan fingerprint density at radius 1 is 1.07 bits per heavy atom. The maximum Gasteiger partial charge on any atom is 0.338 e. The molecule has 0 bridgehead atoms. The highest BCUT2D eigenvalue weighted by Crippen LogP contribution is 2.22. The number of carbonyl (C=O) groups excluding carboxylic acids is 1. The van der Waals surface area contributed by atoms with E-state index in [1.54, 1.807) is 43.6 Å². The summed E-state index contributed by atoms with van der Waals surface area (Å²) in [5.74, 6) is 0.0904. The average molecular weight is 375 g/mol. The number of rotatable bonds is 4. The Kier molecular flexibility index (Phi) is 4.52. The largest absolute Gasteiger partial charge is 0.449 e. The highest BCUT2D eigenvalue weighted by atomic mass is 16.6. The van der Waals surface area contributed by atoms with Crippen molar-refractivity contribution in [2.24, 2.45) is 0 Å². The van der Waals surface area contributed by atoms with Crippen molar-refractivity contribution < 1.29 is 14.1 Å². The fourth-order valence-electron chi connectivity index (χ4n) is 2.65. The molecule has 0 aliphatic carbocycles. The summed E-state index contributed by atoms with van der Waals surface area (Å²) in [7, 11) is 0. The smallest absolute Gasteiger partial charge is 0.338 e. The summed E-state index contributed by atoms with van der Waals surface area (Å²) in [4.78, 5) is 29.8. The van der Waals surface area contributed by atoms with Crippen LogP contribution in [-0.2, 0) is 4.74 Å². The van der Waals surface area contributed by atoms with E-state index in [1.165, 1.54) is 0 Å². The molecule has 0 unspecified atom stereocenters.